The van der Waals surface area contributed by atoms with Crippen LogP contribution in [0.5, 0.6) is 11.5 Å². The third-order valence-corrected chi connectivity index (χ3v) is 6.97. The van der Waals surface area contributed by atoms with Crippen LogP contribution in [0.15, 0.2) is 52.3 Å². The minimum absolute atomic E-state index is 0.245. The van der Waals surface area contributed by atoms with E-state index in [2.05, 4.69) is 10.3 Å². The second kappa shape index (κ2) is 11.5. The number of hydrogen-bond acceptors (Lipinski definition) is 9. The fourth-order valence-corrected chi connectivity index (χ4v) is 5.03. The van der Waals surface area contributed by atoms with Gasteiger partial charge in [-0.3, -0.25) is 18.9 Å². The van der Waals surface area contributed by atoms with Crippen molar-refractivity contribution >= 4 is 51.7 Å². The maximum atomic E-state index is 13.3. The molecule has 1 aromatic carbocycles. The van der Waals surface area contributed by atoms with Crippen molar-refractivity contribution < 1.29 is 19.0 Å². The zero-order valence-corrected chi connectivity index (χ0v) is 21.8. The van der Waals surface area contributed by atoms with Crippen molar-refractivity contribution in [3.8, 4) is 11.5 Å². The van der Waals surface area contributed by atoms with Crippen LogP contribution in [0.4, 0.5) is 5.82 Å². The maximum absolute atomic E-state index is 13.3. The number of ether oxygens (including phenoxy) is 3. The van der Waals surface area contributed by atoms with E-state index >= 15 is 0 Å². The molecule has 0 unspecified atom stereocenters. The fourth-order valence-electron chi connectivity index (χ4n) is 3.74. The zero-order chi connectivity index (χ0) is 25.7. The summed E-state index contributed by atoms with van der Waals surface area (Å²) in [5.74, 6) is 1.41. The molecular formula is C25H26N4O5S2. The molecule has 2 aromatic heterocycles. The van der Waals surface area contributed by atoms with Crippen LogP contribution in [-0.4, -0.2) is 65.5 Å². The molecule has 1 saturated heterocycles. The lowest BCUT2D eigenvalue weighted by molar-refractivity contribution is -0.122. The minimum Gasteiger partial charge on any atom is -0.493 e. The summed E-state index contributed by atoms with van der Waals surface area (Å²) in [7, 11) is 4.76. The molecular weight excluding hydrogens is 500 g/mol. The molecule has 1 fully saturated rings. The average molecular weight is 527 g/mol. The Morgan fingerprint density at radius 2 is 1.92 bits per heavy atom. The summed E-state index contributed by atoms with van der Waals surface area (Å²) >= 11 is 6.67. The van der Waals surface area contributed by atoms with Gasteiger partial charge >= 0.3 is 0 Å². The van der Waals surface area contributed by atoms with Gasteiger partial charge in [0.15, 0.2) is 11.5 Å². The van der Waals surface area contributed by atoms with Gasteiger partial charge in [-0.05, 0) is 42.3 Å². The number of nitrogens with one attached hydrogen (secondary N) is 1. The van der Waals surface area contributed by atoms with Crippen molar-refractivity contribution in [2.24, 2.45) is 0 Å². The molecule has 188 valence electrons. The molecule has 0 radical (unpaired) electrons. The van der Waals surface area contributed by atoms with Gasteiger partial charge in [-0.2, -0.15) is 0 Å². The van der Waals surface area contributed by atoms with E-state index in [9.17, 15) is 9.59 Å². The van der Waals surface area contributed by atoms with E-state index in [0.29, 0.717) is 58.3 Å². The predicted octanol–water partition coefficient (Wildman–Crippen LogP) is 3.21. The van der Waals surface area contributed by atoms with E-state index in [1.165, 1.54) is 16.2 Å². The van der Waals surface area contributed by atoms with Crippen LogP contribution in [-0.2, 0) is 16.0 Å². The molecule has 1 aliphatic rings. The van der Waals surface area contributed by atoms with Crippen LogP contribution >= 0.6 is 24.0 Å². The molecule has 1 aliphatic heterocycles. The zero-order valence-electron chi connectivity index (χ0n) is 20.1. The quantitative estimate of drug-likeness (QED) is 0.243. The largest absolute Gasteiger partial charge is 0.493 e. The lowest BCUT2D eigenvalue weighted by Crippen LogP contribution is -2.30. The van der Waals surface area contributed by atoms with Gasteiger partial charge in [0, 0.05) is 26.4 Å². The third-order valence-electron chi connectivity index (χ3n) is 5.59. The Kier molecular flexibility index (Phi) is 8.24. The number of nitrogens with zero attached hydrogens (tertiary/aromatic N) is 3. The van der Waals surface area contributed by atoms with Gasteiger partial charge in [0.05, 0.1) is 31.3 Å². The number of fused-ring (bicyclic) bond motifs is 1. The van der Waals surface area contributed by atoms with Crippen molar-refractivity contribution in [2.45, 2.75) is 6.42 Å². The topological polar surface area (TPSA) is 94.4 Å². The highest BCUT2D eigenvalue weighted by Crippen LogP contribution is 2.34. The lowest BCUT2D eigenvalue weighted by Gasteiger charge is -2.15. The van der Waals surface area contributed by atoms with Crippen LogP contribution < -0.4 is 20.3 Å². The maximum Gasteiger partial charge on any atom is 0.267 e. The molecule has 0 saturated carbocycles. The van der Waals surface area contributed by atoms with Crippen molar-refractivity contribution in [1.82, 2.24) is 14.3 Å². The molecule has 1 N–H and O–H groups in total. The molecule has 9 nitrogen and oxygen atoms in total. The Morgan fingerprint density at radius 3 is 2.67 bits per heavy atom. The SMILES string of the molecule is COCCNc1nc2ccccn2c(=O)c1C=C1SC(=S)N(CCc2ccc(OC)c(OC)c2)C1=O. The molecule has 3 heterocycles. The Bertz CT molecular complexity index is 1390. The minimum atomic E-state index is -0.281. The second-order valence-electron chi connectivity index (χ2n) is 7.80. The Hall–Kier alpha value is -3.41. The van der Waals surface area contributed by atoms with Crippen molar-refractivity contribution in [2.75, 3.05) is 46.3 Å². The molecule has 3 aromatic rings. The summed E-state index contributed by atoms with van der Waals surface area (Å²) in [5.41, 5.74) is 1.49. The van der Waals surface area contributed by atoms with Crippen LogP contribution in [0.1, 0.15) is 11.1 Å². The predicted molar refractivity (Wildman–Crippen MR) is 145 cm³/mol. The van der Waals surface area contributed by atoms with Gasteiger partial charge in [-0.25, -0.2) is 4.98 Å². The first-order valence-corrected chi connectivity index (χ1v) is 12.4. The smallest absolute Gasteiger partial charge is 0.267 e. The van der Waals surface area contributed by atoms with Crippen molar-refractivity contribution in [1.29, 1.82) is 0 Å². The number of thioether (sulfide) groups is 1. The summed E-state index contributed by atoms with van der Waals surface area (Å²) in [4.78, 5) is 33.0. The molecule has 0 spiro atoms. The fraction of sp³-hybridized carbons (Fsp3) is 0.280. The third kappa shape index (κ3) is 5.38. The van der Waals surface area contributed by atoms with Gasteiger partial charge in [-0.1, -0.05) is 36.1 Å². The number of rotatable bonds is 10. The molecule has 36 heavy (non-hydrogen) atoms. The average Bonchev–Trinajstić information content (AvgIpc) is 3.16. The molecule has 4 rings (SSSR count). The normalized spacial score (nSPS) is 14.6. The van der Waals surface area contributed by atoms with Crippen LogP contribution in [0.3, 0.4) is 0 Å². The first kappa shape index (κ1) is 25.7. The highest BCUT2D eigenvalue weighted by molar-refractivity contribution is 8.26. The highest BCUT2D eigenvalue weighted by Gasteiger charge is 2.32. The van der Waals surface area contributed by atoms with E-state index in [-0.39, 0.29) is 17.0 Å². The number of hydrogen-bond donors (Lipinski definition) is 1. The summed E-state index contributed by atoms with van der Waals surface area (Å²) in [6.45, 7) is 1.29. The van der Waals surface area contributed by atoms with E-state index in [4.69, 9.17) is 26.4 Å². The number of thiocarbonyl (C=S) groups is 1. The van der Waals surface area contributed by atoms with E-state index in [1.54, 1.807) is 50.6 Å². The monoisotopic (exact) mass is 526 g/mol. The number of carbonyl (C=O) groups excluding carboxylic acids is 1. The molecule has 1 amide bonds. The first-order chi connectivity index (χ1) is 17.5. The van der Waals surface area contributed by atoms with E-state index in [0.717, 1.165) is 5.56 Å². The molecule has 0 bridgehead atoms. The standard InChI is InChI=1S/C25H26N4O5S2/c1-32-13-10-26-22-17(23(30)28-11-5-4-6-21(28)27-22)15-20-24(31)29(25(35)36-20)12-9-16-7-8-18(33-2)19(14-16)34-3/h4-8,11,14-15,26H,9-10,12-13H2,1-3H3. The number of benzene rings is 1. The number of amides is 1. The van der Waals surface area contributed by atoms with Gasteiger partial charge in [-0.15, -0.1) is 0 Å². The number of anilines is 1. The molecule has 11 heteroatoms. The lowest BCUT2D eigenvalue weighted by atomic mass is 10.1. The van der Waals surface area contributed by atoms with Gasteiger partial charge < -0.3 is 19.5 Å². The molecule has 0 aliphatic carbocycles. The second-order valence-corrected chi connectivity index (χ2v) is 9.48. The van der Waals surface area contributed by atoms with Gasteiger partial charge in [0.25, 0.3) is 11.5 Å². The summed E-state index contributed by atoms with van der Waals surface area (Å²) in [6, 6.07) is 11.0. The first-order valence-electron chi connectivity index (χ1n) is 11.2. The summed E-state index contributed by atoms with van der Waals surface area (Å²) in [5, 5.41) is 3.14. The van der Waals surface area contributed by atoms with E-state index < -0.39 is 0 Å². The highest BCUT2D eigenvalue weighted by atomic mass is 32.2. The number of carbonyl (C=O) groups is 1. The Balaban J connectivity index is 1.60. The summed E-state index contributed by atoms with van der Waals surface area (Å²) < 4.78 is 17.6. The Labute approximate surface area is 218 Å². The molecule has 0 atom stereocenters. The van der Waals surface area contributed by atoms with Crippen LogP contribution in [0.25, 0.3) is 11.7 Å². The van der Waals surface area contributed by atoms with E-state index in [1.807, 2.05) is 24.3 Å². The number of aromatic nitrogens is 2. The van der Waals surface area contributed by atoms with Gasteiger partial charge in [0.1, 0.15) is 15.8 Å². The summed E-state index contributed by atoms with van der Waals surface area (Å²) in [6.07, 6.45) is 3.79. The van der Waals surface area contributed by atoms with Crippen LogP contribution in [0, 0.1) is 0 Å². The number of pyridine rings is 1. The van der Waals surface area contributed by atoms with Crippen molar-refractivity contribution in [3.63, 3.8) is 0 Å². The van der Waals surface area contributed by atoms with Crippen LogP contribution in [0.2, 0.25) is 0 Å². The van der Waals surface area contributed by atoms with Crippen molar-refractivity contribution in [3.05, 3.63) is 69.0 Å². The van der Waals surface area contributed by atoms with Gasteiger partial charge in [0.2, 0.25) is 0 Å². The Morgan fingerprint density at radius 1 is 1.11 bits per heavy atom. The number of methoxy groups -OCH3 is 3.